The van der Waals surface area contributed by atoms with Gasteiger partial charge in [0.1, 0.15) is 0 Å². The lowest BCUT2D eigenvalue weighted by molar-refractivity contribution is 0.964. The van der Waals surface area contributed by atoms with Crippen molar-refractivity contribution in [1.29, 1.82) is 0 Å². The summed E-state index contributed by atoms with van der Waals surface area (Å²) in [5, 5.41) is 5.31. The van der Waals surface area contributed by atoms with Crippen LogP contribution in [0.3, 0.4) is 0 Å². The zero-order valence-electron chi connectivity index (χ0n) is 38.0. The van der Waals surface area contributed by atoms with E-state index in [9.17, 15) is 0 Å². The highest BCUT2D eigenvalue weighted by atomic mass is 14.9. The molecule has 0 aliphatic rings. The molecule has 3 heteroatoms. The van der Waals surface area contributed by atoms with Gasteiger partial charge in [-0.05, 0) is 42.3 Å². The summed E-state index contributed by atoms with van der Waals surface area (Å²) in [5.74, 6) is 0. The van der Waals surface area contributed by atoms with Crippen molar-refractivity contribution in [1.82, 2.24) is 13.7 Å². The Bertz CT molecular complexity index is 1750. The lowest BCUT2D eigenvalue weighted by atomic mass is 10.2. The largest absolute Gasteiger partial charge is 0.350 e. The molecule has 3 heterocycles. The fourth-order valence-electron chi connectivity index (χ4n) is 5.20. The van der Waals surface area contributed by atoms with Crippen molar-refractivity contribution < 1.29 is 0 Å². The number of rotatable bonds is 1. The van der Waals surface area contributed by atoms with Gasteiger partial charge < -0.3 is 13.7 Å². The van der Waals surface area contributed by atoms with E-state index >= 15 is 0 Å². The van der Waals surface area contributed by atoms with E-state index in [1.54, 1.807) is 0 Å². The van der Waals surface area contributed by atoms with E-state index in [0.717, 1.165) is 0 Å². The molecule has 0 saturated heterocycles. The molecule has 0 fully saturated rings. The van der Waals surface area contributed by atoms with Gasteiger partial charge in [0.25, 0.3) is 0 Å². The first kappa shape index (κ1) is 55.3. The Kier molecular flexibility index (Phi) is 37.4. The van der Waals surface area contributed by atoms with Crippen LogP contribution in [0.2, 0.25) is 0 Å². The van der Waals surface area contributed by atoms with Crippen molar-refractivity contribution in [2.75, 3.05) is 0 Å². The summed E-state index contributed by atoms with van der Waals surface area (Å²) < 4.78 is 6.52. The quantitative estimate of drug-likeness (QED) is 0.160. The number of hydrogen-bond donors (Lipinski definition) is 0. The number of nitrogens with zero attached hydrogens (tertiary/aromatic N) is 3. The van der Waals surface area contributed by atoms with Gasteiger partial charge in [-0.1, -0.05) is 196 Å². The van der Waals surface area contributed by atoms with Crippen molar-refractivity contribution in [2.45, 2.75) is 118 Å². The molecule has 4 aromatic carbocycles. The number of fused-ring (bicyclic) bond motifs is 5. The van der Waals surface area contributed by atoms with Crippen LogP contribution in [-0.4, -0.2) is 13.7 Å². The molecule has 0 bridgehead atoms. The van der Waals surface area contributed by atoms with Crippen LogP contribution in [0.1, 0.15) is 122 Å². The molecule has 0 saturated carbocycles. The number of para-hydroxylation sites is 4. The van der Waals surface area contributed by atoms with E-state index in [1.165, 1.54) is 54.7 Å². The fourth-order valence-corrected chi connectivity index (χ4v) is 5.20. The Morgan fingerprint density at radius 1 is 0.377 bits per heavy atom. The van der Waals surface area contributed by atoms with Crippen LogP contribution in [0.5, 0.6) is 0 Å². The van der Waals surface area contributed by atoms with Gasteiger partial charge >= 0.3 is 0 Å². The maximum atomic E-state index is 3.78. The molecule has 0 atom stereocenters. The third-order valence-corrected chi connectivity index (χ3v) is 7.06. The molecule has 3 nitrogen and oxygen atoms in total. The van der Waals surface area contributed by atoms with Crippen LogP contribution in [0.25, 0.3) is 49.7 Å². The molecule has 0 unspecified atom stereocenters. The highest BCUT2D eigenvalue weighted by molar-refractivity contribution is 6.07. The minimum Gasteiger partial charge on any atom is -0.350 e. The summed E-state index contributed by atoms with van der Waals surface area (Å²) in [6.45, 7) is 37.9. The van der Waals surface area contributed by atoms with Gasteiger partial charge in [-0.2, -0.15) is 0 Å². The molecule has 53 heavy (non-hydrogen) atoms. The zero-order valence-corrected chi connectivity index (χ0v) is 38.0. The Morgan fingerprint density at radius 2 is 0.660 bits per heavy atom. The summed E-state index contributed by atoms with van der Waals surface area (Å²) in [7, 11) is 6.25. The summed E-state index contributed by atoms with van der Waals surface area (Å²) in [4.78, 5) is 0. The highest BCUT2D eigenvalue weighted by Crippen LogP contribution is 2.27. The number of hydrogen-bond acceptors (Lipinski definition) is 0. The first-order chi connectivity index (χ1) is 26.0. The number of aryl methyl sites for hydroxylation is 4. The molecule has 0 spiro atoms. The predicted octanol–water partition coefficient (Wildman–Crippen LogP) is 16.8. The van der Waals surface area contributed by atoms with Crippen LogP contribution in [-0.2, 0) is 21.1 Å². The minimum absolute atomic E-state index is 1.20. The van der Waals surface area contributed by atoms with E-state index in [0.29, 0.717) is 0 Å². The molecule has 0 amide bonds. The van der Waals surface area contributed by atoms with Crippen molar-refractivity contribution >= 4 is 49.7 Å². The van der Waals surface area contributed by atoms with Crippen LogP contribution < -0.4 is 0 Å². The molecule has 3 aromatic heterocycles. The molecule has 0 aliphatic carbocycles. The smallest absolute Gasteiger partial charge is 0.0488 e. The average molecular weight is 724 g/mol. The fraction of sp³-hybridized carbons (Fsp3) is 0.400. The van der Waals surface area contributed by atoms with Gasteiger partial charge in [0, 0.05) is 77.1 Å². The normalized spacial score (nSPS) is 8.45. The first-order valence-corrected chi connectivity index (χ1v) is 20.6. The predicted molar refractivity (Wildman–Crippen MR) is 252 cm³/mol. The second-order valence-electron chi connectivity index (χ2n) is 9.45. The van der Waals surface area contributed by atoms with Gasteiger partial charge in [-0.15, -0.1) is 0 Å². The van der Waals surface area contributed by atoms with Crippen molar-refractivity contribution in [2.24, 2.45) is 21.1 Å². The van der Waals surface area contributed by atoms with E-state index in [2.05, 4.69) is 158 Å². The first-order valence-electron chi connectivity index (χ1n) is 20.6. The standard InChI is InChI=1S/C13H11N.C11H11N.C10H11N.8C2H6/c1-14-12-8-4-2-6-10(12)11-7-3-5-9-13(11)14;1-3-9-8-12(2)11-7-5-4-6-10(9)11;1-8-7-11(2)10-6-4-3-5-9(8)10;8*1-2/h2-9H,1H3;3-8H,1H2,2H3;3-7H,1-2H3;8*1-2H3. The Labute approximate surface area is 328 Å². The molecule has 7 aromatic rings. The molecule has 0 N–H and O–H groups in total. The third-order valence-electron chi connectivity index (χ3n) is 7.06. The maximum Gasteiger partial charge on any atom is 0.0488 e. The average Bonchev–Trinajstić information content (AvgIpc) is 3.88. The second kappa shape index (κ2) is 35.9. The molecular formula is C50H81N3. The summed E-state index contributed by atoms with van der Waals surface area (Å²) in [6.07, 6.45) is 6.14. The monoisotopic (exact) mass is 724 g/mol. The van der Waals surface area contributed by atoms with Gasteiger partial charge in [0.05, 0.1) is 0 Å². The van der Waals surface area contributed by atoms with Gasteiger partial charge in [0.15, 0.2) is 0 Å². The SMILES string of the molecule is C=Cc1cn(C)c2ccccc12.CC.CC.CC.CC.CC.CC.CC.CC.Cc1cn(C)c2ccccc12.Cn1c2ccccc2c2ccccc21. The Balaban J connectivity index is -0.000000287. The van der Waals surface area contributed by atoms with Crippen LogP contribution in [0, 0.1) is 6.92 Å². The van der Waals surface area contributed by atoms with Crippen LogP contribution in [0.4, 0.5) is 0 Å². The molecule has 0 radical (unpaired) electrons. The lowest BCUT2D eigenvalue weighted by Gasteiger charge is -1.95. The third kappa shape index (κ3) is 16.4. The van der Waals surface area contributed by atoms with Gasteiger partial charge in [0.2, 0.25) is 0 Å². The van der Waals surface area contributed by atoms with Crippen molar-refractivity contribution in [3.05, 3.63) is 127 Å². The molecule has 0 aliphatic heterocycles. The summed E-state index contributed by atoms with van der Waals surface area (Å²) in [5.41, 5.74) is 7.72. The maximum absolute atomic E-state index is 3.78. The van der Waals surface area contributed by atoms with E-state index in [4.69, 9.17) is 0 Å². The second-order valence-corrected chi connectivity index (χ2v) is 9.45. The zero-order chi connectivity index (χ0) is 41.9. The molecular weight excluding hydrogens is 643 g/mol. The van der Waals surface area contributed by atoms with E-state index in [-0.39, 0.29) is 0 Å². The Morgan fingerprint density at radius 3 is 1.02 bits per heavy atom. The topological polar surface area (TPSA) is 14.8 Å². The number of benzene rings is 4. The van der Waals surface area contributed by atoms with E-state index < -0.39 is 0 Å². The van der Waals surface area contributed by atoms with E-state index in [1.807, 2.05) is 117 Å². The summed E-state index contributed by atoms with van der Waals surface area (Å²) in [6, 6.07) is 33.8. The van der Waals surface area contributed by atoms with Crippen LogP contribution >= 0.6 is 0 Å². The number of aromatic nitrogens is 3. The molecule has 7 rings (SSSR count). The summed E-state index contributed by atoms with van der Waals surface area (Å²) >= 11 is 0. The van der Waals surface area contributed by atoms with Crippen LogP contribution in [0.15, 0.2) is 116 Å². The van der Waals surface area contributed by atoms with Gasteiger partial charge in [-0.3, -0.25) is 0 Å². The van der Waals surface area contributed by atoms with Crippen molar-refractivity contribution in [3.8, 4) is 0 Å². The minimum atomic E-state index is 1.20. The van der Waals surface area contributed by atoms with Gasteiger partial charge in [-0.25, -0.2) is 0 Å². The van der Waals surface area contributed by atoms with Crippen molar-refractivity contribution in [3.63, 3.8) is 0 Å². The highest BCUT2D eigenvalue weighted by Gasteiger charge is 2.05. The Hall–Kier alpha value is -4.50. The molecule has 296 valence electrons. The lowest BCUT2D eigenvalue weighted by Crippen LogP contribution is -1.84.